The Bertz CT molecular complexity index is 1380. The highest BCUT2D eigenvalue weighted by molar-refractivity contribution is 5.96. The molecule has 0 fully saturated rings. The molecule has 1 amide bonds. The number of nitrogens with one attached hydrogen (secondary N) is 1. The minimum atomic E-state index is -0.495. The lowest BCUT2D eigenvalue weighted by molar-refractivity contribution is 0.0945. The molecule has 1 N–H and O–H groups in total. The number of nitrogens with zero attached hydrogens (tertiary/aromatic N) is 4. The molecule has 9 heteroatoms. The van der Waals surface area contributed by atoms with Gasteiger partial charge in [-0.25, -0.2) is 9.37 Å². The predicted molar refractivity (Wildman–Crippen MR) is 132 cm³/mol. The van der Waals surface area contributed by atoms with Crippen molar-refractivity contribution in [2.24, 2.45) is 0 Å². The number of para-hydroxylation sites is 1. The number of anilines is 2. The van der Waals surface area contributed by atoms with Gasteiger partial charge in [0, 0.05) is 37.4 Å². The van der Waals surface area contributed by atoms with Crippen molar-refractivity contribution < 1.29 is 18.7 Å². The summed E-state index contributed by atoms with van der Waals surface area (Å²) >= 11 is 0. The fourth-order valence-corrected chi connectivity index (χ4v) is 4.03. The third kappa shape index (κ3) is 4.95. The van der Waals surface area contributed by atoms with Crippen LogP contribution in [0, 0.1) is 5.82 Å². The molecule has 0 aliphatic carbocycles. The lowest BCUT2D eigenvalue weighted by atomic mass is 10.2. The third-order valence-electron chi connectivity index (χ3n) is 5.88. The maximum atomic E-state index is 14.2. The second-order valence-electron chi connectivity index (χ2n) is 8.22. The zero-order chi connectivity index (χ0) is 24.9. The van der Waals surface area contributed by atoms with Crippen LogP contribution in [0.4, 0.5) is 16.0 Å². The normalized spacial score (nSPS) is 12.2. The maximum absolute atomic E-state index is 14.2. The van der Waals surface area contributed by atoms with Crippen LogP contribution in [0.5, 0.6) is 11.6 Å². The number of amides is 1. The van der Waals surface area contributed by atoms with Crippen LogP contribution in [0.2, 0.25) is 0 Å². The number of fused-ring (bicyclic) bond motifs is 1. The second kappa shape index (κ2) is 10.4. The predicted octanol–water partition coefficient (Wildman–Crippen LogP) is 4.22. The van der Waals surface area contributed by atoms with Crippen LogP contribution in [0.3, 0.4) is 0 Å². The minimum Gasteiger partial charge on any atom is -0.494 e. The molecule has 0 saturated heterocycles. The highest BCUT2D eigenvalue weighted by Crippen LogP contribution is 2.33. The molecule has 0 spiro atoms. The quantitative estimate of drug-likeness (QED) is 0.400. The van der Waals surface area contributed by atoms with E-state index in [4.69, 9.17) is 9.47 Å². The smallest absolute Gasteiger partial charge is 0.258 e. The van der Waals surface area contributed by atoms with Gasteiger partial charge in [0.1, 0.15) is 12.2 Å². The van der Waals surface area contributed by atoms with E-state index < -0.39 is 5.82 Å². The number of hydrogen-bond acceptors (Lipinski definition) is 7. The summed E-state index contributed by atoms with van der Waals surface area (Å²) in [4.78, 5) is 28.2. The van der Waals surface area contributed by atoms with Crippen LogP contribution in [0.1, 0.15) is 27.0 Å². The molecule has 4 aromatic rings. The number of halogens is 1. The topological polar surface area (TPSA) is 89.5 Å². The Balaban J connectivity index is 1.41. The number of carbonyl (C=O) groups excluding carboxylic acids is 1. The molecule has 2 aromatic heterocycles. The Morgan fingerprint density at radius 1 is 1.11 bits per heavy atom. The van der Waals surface area contributed by atoms with Gasteiger partial charge >= 0.3 is 0 Å². The van der Waals surface area contributed by atoms with Gasteiger partial charge in [0.2, 0.25) is 11.8 Å². The molecular weight excluding hydrogens is 461 g/mol. The standard InChI is InChI=1S/C27H24FN5O3/c1-35-24-9-8-18(13-22(24)28)17-36-26-21(25(34)30-15-19-5-4-11-29-14-19)16-31-27(32-26)33-12-10-20-6-2-3-7-23(20)33/h2-9,11,13-14,16H,10,12,15,17H2,1H3,(H,30,34). The fourth-order valence-electron chi connectivity index (χ4n) is 4.03. The van der Waals surface area contributed by atoms with Crippen LogP contribution in [0.15, 0.2) is 73.2 Å². The van der Waals surface area contributed by atoms with Gasteiger partial charge in [-0.1, -0.05) is 30.3 Å². The summed E-state index contributed by atoms with van der Waals surface area (Å²) in [5.74, 6) is -0.191. The molecule has 1 aliphatic heterocycles. The molecule has 0 radical (unpaired) electrons. The lowest BCUT2D eigenvalue weighted by Crippen LogP contribution is -2.25. The van der Waals surface area contributed by atoms with Crippen LogP contribution in [-0.2, 0) is 19.6 Å². The zero-order valence-electron chi connectivity index (χ0n) is 19.6. The van der Waals surface area contributed by atoms with Crippen molar-refractivity contribution in [3.63, 3.8) is 0 Å². The molecule has 0 unspecified atom stereocenters. The number of pyridine rings is 1. The molecule has 8 nitrogen and oxygen atoms in total. The van der Waals surface area contributed by atoms with Crippen LogP contribution in [0.25, 0.3) is 0 Å². The molecule has 182 valence electrons. The van der Waals surface area contributed by atoms with E-state index in [9.17, 15) is 9.18 Å². The van der Waals surface area contributed by atoms with Crippen molar-refractivity contribution in [2.75, 3.05) is 18.6 Å². The van der Waals surface area contributed by atoms with E-state index in [1.54, 1.807) is 24.5 Å². The molecule has 0 saturated carbocycles. The summed E-state index contributed by atoms with van der Waals surface area (Å²) in [5, 5.41) is 2.85. The third-order valence-corrected chi connectivity index (χ3v) is 5.88. The van der Waals surface area contributed by atoms with Gasteiger partial charge in [-0.05, 0) is 47.4 Å². The van der Waals surface area contributed by atoms with Crippen LogP contribution >= 0.6 is 0 Å². The van der Waals surface area contributed by atoms with E-state index in [0.29, 0.717) is 11.5 Å². The van der Waals surface area contributed by atoms with Crippen molar-refractivity contribution >= 4 is 17.5 Å². The average Bonchev–Trinajstić information content (AvgIpc) is 3.35. The van der Waals surface area contributed by atoms with Crippen molar-refractivity contribution in [1.29, 1.82) is 0 Å². The summed E-state index contributed by atoms with van der Waals surface area (Å²) in [7, 11) is 1.41. The SMILES string of the molecule is COc1ccc(COc2nc(N3CCc4ccccc43)ncc2C(=O)NCc2cccnc2)cc1F. The van der Waals surface area contributed by atoms with Crippen LogP contribution < -0.4 is 19.7 Å². The molecule has 3 heterocycles. The molecule has 1 aliphatic rings. The monoisotopic (exact) mass is 485 g/mol. The summed E-state index contributed by atoms with van der Waals surface area (Å²) in [6.07, 6.45) is 5.68. The van der Waals surface area contributed by atoms with E-state index in [-0.39, 0.29) is 36.3 Å². The van der Waals surface area contributed by atoms with Gasteiger partial charge in [0.15, 0.2) is 11.6 Å². The van der Waals surface area contributed by atoms with Gasteiger partial charge in [-0.2, -0.15) is 4.98 Å². The lowest BCUT2D eigenvalue weighted by Gasteiger charge is -2.19. The van der Waals surface area contributed by atoms with E-state index in [0.717, 1.165) is 24.2 Å². The summed E-state index contributed by atoms with van der Waals surface area (Å²) in [6, 6.07) is 16.3. The molecule has 36 heavy (non-hydrogen) atoms. The van der Waals surface area contributed by atoms with Gasteiger partial charge in [-0.3, -0.25) is 9.78 Å². The first kappa shape index (κ1) is 23.2. The number of carbonyl (C=O) groups is 1. The van der Waals surface area contributed by atoms with Crippen molar-refractivity contribution in [1.82, 2.24) is 20.3 Å². The zero-order valence-corrected chi connectivity index (χ0v) is 19.6. The van der Waals surface area contributed by atoms with Crippen molar-refractivity contribution in [3.05, 3.63) is 101 Å². The van der Waals surface area contributed by atoms with Gasteiger partial charge in [0.05, 0.1) is 7.11 Å². The molecule has 2 aromatic carbocycles. The first-order chi connectivity index (χ1) is 17.6. The second-order valence-corrected chi connectivity index (χ2v) is 8.22. The van der Waals surface area contributed by atoms with Crippen molar-refractivity contribution in [3.8, 4) is 11.6 Å². The Morgan fingerprint density at radius 2 is 2.00 bits per heavy atom. The van der Waals surface area contributed by atoms with E-state index in [1.807, 2.05) is 29.2 Å². The Hall–Kier alpha value is -4.53. The Labute approximate surface area is 207 Å². The number of methoxy groups -OCH3 is 1. The average molecular weight is 486 g/mol. The van der Waals surface area contributed by atoms with Crippen LogP contribution in [-0.4, -0.2) is 34.5 Å². The number of rotatable bonds is 8. The highest BCUT2D eigenvalue weighted by Gasteiger charge is 2.24. The number of benzene rings is 2. The first-order valence-corrected chi connectivity index (χ1v) is 11.5. The van der Waals surface area contributed by atoms with E-state index in [2.05, 4.69) is 26.3 Å². The Kier molecular flexibility index (Phi) is 6.70. The first-order valence-electron chi connectivity index (χ1n) is 11.5. The molecule has 5 rings (SSSR count). The number of ether oxygens (including phenoxy) is 2. The Morgan fingerprint density at radius 3 is 2.81 bits per heavy atom. The van der Waals surface area contributed by atoms with E-state index >= 15 is 0 Å². The number of hydrogen-bond donors (Lipinski definition) is 1. The van der Waals surface area contributed by atoms with Gasteiger partial charge in [-0.15, -0.1) is 0 Å². The van der Waals surface area contributed by atoms with Gasteiger partial charge in [0.25, 0.3) is 5.91 Å². The largest absolute Gasteiger partial charge is 0.494 e. The maximum Gasteiger partial charge on any atom is 0.258 e. The summed E-state index contributed by atoms with van der Waals surface area (Å²) < 4.78 is 25.1. The highest BCUT2D eigenvalue weighted by atomic mass is 19.1. The minimum absolute atomic E-state index is 0.0108. The van der Waals surface area contributed by atoms with Crippen molar-refractivity contribution in [2.45, 2.75) is 19.6 Å². The fraction of sp³-hybridized carbons (Fsp3) is 0.185. The molecule has 0 atom stereocenters. The molecular formula is C27H24FN5O3. The number of aromatic nitrogens is 3. The van der Waals surface area contributed by atoms with E-state index in [1.165, 1.54) is 31.0 Å². The summed E-state index contributed by atoms with van der Waals surface area (Å²) in [5.41, 5.74) is 3.84. The summed E-state index contributed by atoms with van der Waals surface area (Å²) in [6.45, 7) is 1.02. The van der Waals surface area contributed by atoms with Gasteiger partial charge < -0.3 is 19.7 Å². The molecule has 0 bridgehead atoms.